The lowest BCUT2D eigenvalue weighted by Gasteiger charge is -2.06. The highest BCUT2D eigenvalue weighted by molar-refractivity contribution is 6.29. The Balaban J connectivity index is 1.95. The zero-order chi connectivity index (χ0) is 10.3. The highest BCUT2D eigenvalue weighted by atomic mass is 35.5. The summed E-state index contributed by atoms with van der Waals surface area (Å²) in [6.45, 7) is 0.968. The van der Waals surface area contributed by atoms with Crippen LogP contribution >= 0.6 is 11.6 Å². The predicted molar refractivity (Wildman–Crippen MR) is 57.0 cm³/mol. The van der Waals surface area contributed by atoms with Gasteiger partial charge in [-0.25, -0.2) is 0 Å². The standard InChI is InChI=1S/C9H10ClN5/c10-7-3-8(11-4-6-1-2-6)15-9(14-7)12-5-13-15/h3,5-6,11H,1-2,4H2. The molecule has 0 amide bonds. The lowest BCUT2D eigenvalue weighted by atomic mass is 10.4. The van der Waals surface area contributed by atoms with Gasteiger partial charge >= 0.3 is 0 Å². The number of fused-ring (bicyclic) bond motifs is 1. The number of hydrogen-bond donors (Lipinski definition) is 1. The molecule has 1 aliphatic carbocycles. The fourth-order valence-corrected chi connectivity index (χ4v) is 1.66. The van der Waals surface area contributed by atoms with Crippen molar-refractivity contribution in [3.05, 3.63) is 17.5 Å². The molecule has 6 heteroatoms. The van der Waals surface area contributed by atoms with Crippen molar-refractivity contribution in [2.45, 2.75) is 12.8 Å². The Labute approximate surface area is 91.5 Å². The fraction of sp³-hybridized carbons (Fsp3) is 0.444. The summed E-state index contributed by atoms with van der Waals surface area (Å²) in [6.07, 6.45) is 4.10. The number of halogens is 1. The third-order valence-corrected chi connectivity index (χ3v) is 2.68. The highest BCUT2D eigenvalue weighted by Crippen LogP contribution is 2.29. The van der Waals surface area contributed by atoms with E-state index in [0.717, 1.165) is 18.3 Å². The zero-order valence-corrected chi connectivity index (χ0v) is 8.78. The van der Waals surface area contributed by atoms with Crippen molar-refractivity contribution in [2.24, 2.45) is 5.92 Å². The van der Waals surface area contributed by atoms with Gasteiger partial charge in [-0.2, -0.15) is 19.6 Å². The molecule has 0 unspecified atom stereocenters. The van der Waals surface area contributed by atoms with Gasteiger partial charge in [0.25, 0.3) is 5.78 Å². The van der Waals surface area contributed by atoms with Gasteiger partial charge in [0.05, 0.1) is 0 Å². The molecular weight excluding hydrogens is 214 g/mol. The van der Waals surface area contributed by atoms with Gasteiger partial charge in [-0.1, -0.05) is 11.6 Å². The number of aromatic nitrogens is 4. The predicted octanol–water partition coefficient (Wildman–Crippen LogP) is 1.60. The molecule has 0 aliphatic heterocycles. The molecule has 1 fully saturated rings. The molecular formula is C9H10ClN5. The van der Waals surface area contributed by atoms with E-state index in [4.69, 9.17) is 11.6 Å². The van der Waals surface area contributed by atoms with E-state index in [9.17, 15) is 0 Å². The molecule has 2 aromatic rings. The maximum atomic E-state index is 5.88. The van der Waals surface area contributed by atoms with Crippen LogP contribution in [0.2, 0.25) is 5.15 Å². The van der Waals surface area contributed by atoms with Crippen molar-refractivity contribution in [1.29, 1.82) is 0 Å². The van der Waals surface area contributed by atoms with Crippen LogP contribution in [0.5, 0.6) is 0 Å². The van der Waals surface area contributed by atoms with Gasteiger partial charge in [-0.15, -0.1) is 0 Å². The topological polar surface area (TPSA) is 55.1 Å². The molecule has 1 aliphatic rings. The van der Waals surface area contributed by atoms with Crippen molar-refractivity contribution in [2.75, 3.05) is 11.9 Å². The Morgan fingerprint density at radius 3 is 3.20 bits per heavy atom. The number of nitrogens with zero attached hydrogens (tertiary/aromatic N) is 4. The van der Waals surface area contributed by atoms with E-state index >= 15 is 0 Å². The minimum absolute atomic E-state index is 0.439. The maximum absolute atomic E-state index is 5.88. The van der Waals surface area contributed by atoms with Gasteiger partial charge in [0.2, 0.25) is 0 Å². The van der Waals surface area contributed by atoms with Crippen LogP contribution in [0.3, 0.4) is 0 Å². The second-order valence-corrected chi connectivity index (χ2v) is 4.15. The summed E-state index contributed by atoms with van der Waals surface area (Å²) in [7, 11) is 0. The number of hydrogen-bond acceptors (Lipinski definition) is 4. The van der Waals surface area contributed by atoms with E-state index in [1.54, 1.807) is 10.6 Å². The van der Waals surface area contributed by atoms with Crippen molar-refractivity contribution in [3.63, 3.8) is 0 Å². The van der Waals surface area contributed by atoms with E-state index in [0.29, 0.717) is 10.9 Å². The van der Waals surface area contributed by atoms with E-state index in [1.807, 2.05) is 0 Å². The molecule has 0 atom stereocenters. The molecule has 1 saturated carbocycles. The Bertz CT molecular complexity index is 490. The molecule has 3 rings (SSSR count). The normalized spacial score (nSPS) is 15.8. The summed E-state index contributed by atoms with van der Waals surface area (Å²) in [5.74, 6) is 2.19. The van der Waals surface area contributed by atoms with Crippen molar-refractivity contribution in [1.82, 2.24) is 19.6 Å². The first-order chi connectivity index (χ1) is 7.33. The van der Waals surface area contributed by atoms with Gasteiger partial charge in [-0.3, -0.25) is 0 Å². The number of nitrogens with one attached hydrogen (secondary N) is 1. The Morgan fingerprint density at radius 2 is 2.40 bits per heavy atom. The Kier molecular flexibility index (Phi) is 1.98. The van der Waals surface area contributed by atoms with E-state index in [2.05, 4.69) is 20.4 Å². The van der Waals surface area contributed by atoms with Gasteiger partial charge < -0.3 is 5.32 Å². The maximum Gasteiger partial charge on any atom is 0.255 e. The molecule has 2 heterocycles. The zero-order valence-electron chi connectivity index (χ0n) is 8.02. The second-order valence-electron chi connectivity index (χ2n) is 3.76. The molecule has 78 valence electrons. The number of anilines is 1. The van der Waals surface area contributed by atoms with Crippen LogP contribution < -0.4 is 5.32 Å². The first-order valence-corrected chi connectivity index (χ1v) is 5.31. The lowest BCUT2D eigenvalue weighted by molar-refractivity contribution is 0.856. The molecule has 0 bridgehead atoms. The van der Waals surface area contributed by atoms with Gasteiger partial charge in [-0.05, 0) is 18.8 Å². The second kappa shape index (κ2) is 3.34. The largest absolute Gasteiger partial charge is 0.370 e. The van der Waals surface area contributed by atoms with Crippen LogP contribution in [-0.2, 0) is 0 Å². The Hall–Kier alpha value is -1.36. The first kappa shape index (κ1) is 8.91. The summed E-state index contributed by atoms with van der Waals surface area (Å²) in [5.41, 5.74) is 0. The molecule has 2 aromatic heterocycles. The average Bonchev–Trinajstić information content (AvgIpc) is 2.92. The van der Waals surface area contributed by atoms with Gasteiger partial charge in [0, 0.05) is 12.6 Å². The summed E-state index contributed by atoms with van der Waals surface area (Å²) in [6, 6.07) is 1.77. The van der Waals surface area contributed by atoms with Crippen molar-refractivity contribution in [3.8, 4) is 0 Å². The van der Waals surface area contributed by atoms with Crippen molar-refractivity contribution < 1.29 is 0 Å². The molecule has 0 aromatic carbocycles. The summed E-state index contributed by atoms with van der Waals surface area (Å²) in [5, 5.41) is 7.83. The smallest absolute Gasteiger partial charge is 0.255 e. The summed E-state index contributed by atoms with van der Waals surface area (Å²) >= 11 is 5.88. The molecule has 15 heavy (non-hydrogen) atoms. The number of rotatable bonds is 3. The third-order valence-electron chi connectivity index (χ3n) is 2.49. The first-order valence-electron chi connectivity index (χ1n) is 4.93. The van der Waals surface area contributed by atoms with Crippen LogP contribution in [0.4, 0.5) is 5.82 Å². The van der Waals surface area contributed by atoms with Gasteiger partial charge in [0.15, 0.2) is 0 Å². The average molecular weight is 224 g/mol. The fourth-order valence-electron chi connectivity index (χ4n) is 1.48. The van der Waals surface area contributed by atoms with Crippen LogP contribution in [0.1, 0.15) is 12.8 Å². The minimum atomic E-state index is 0.439. The van der Waals surface area contributed by atoms with E-state index in [1.165, 1.54) is 19.2 Å². The molecule has 1 N–H and O–H groups in total. The van der Waals surface area contributed by atoms with Crippen LogP contribution in [0.25, 0.3) is 5.78 Å². The SMILES string of the molecule is Clc1cc(NCC2CC2)n2ncnc2n1. The van der Waals surface area contributed by atoms with Crippen LogP contribution in [0.15, 0.2) is 12.4 Å². The molecule has 5 nitrogen and oxygen atoms in total. The van der Waals surface area contributed by atoms with Gasteiger partial charge in [0.1, 0.15) is 17.3 Å². The van der Waals surface area contributed by atoms with E-state index < -0.39 is 0 Å². The van der Waals surface area contributed by atoms with E-state index in [-0.39, 0.29) is 0 Å². The lowest BCUT2D eigenvalue weighted by Crippen LogP contribution is -2.08. The van der Waals surface area contributed by atoms with Crippen LogP contribution in [0, 0.1) is 5.92 Å². The molecule has 0 spiro atoms. The minimum Gasteiger partial charge on any atom is -0.370 e. The monoisotopic (exact) mass is 223 g/mol. The highest BCUT2D eigenvalue weighted by Gasteiger charge is 2.21. The van der Waals surface area contributed by atoms with Crippen LogP contribution in [-0.4, -0.2) is 26.1 Å². The molecule has 0 saturated heterocycles. The van der Waals surface area contributed by atoms with Crippen molar-refractivity contribution >= 4 is 23.2 Å². The Morgan fingerprint density at radius 1 is 1.53 bits per heavy atom. The summed E-state index contributed by atoms with van der Waals surface area (Å²) < 4.78 is 1.66. The quantitative estimate of drug-likeness (QED) is 0.804. The molecule has 0 radical (unpaired) electrons. The summed E-state index contributed by atoms with van der Waals surface area (Å²) in [4.78, 5) is 8.05. The third kappa shape index (κ3) is 1.74.